The van der Waals surface area contributed by atoms with Crippen LogP contribution in [0.25, 0.3) is 11.3 Å². The standard InChI is InChI=1S/C15H12FNO3S/c1-11-4-6-13(7-5-11)21(18,19)17-10-12(9-15(17)16)14-3-2-8-20-14/h2-10H,1H3. The Morgan fingerprint density at radius 2 is 1.86 bits per heavy atom. The second-order valence-electron chi connectivity index (χ2n) is 4.64. The van der Waals surface area contributed by atoms with Crippen molar-refractivity contribution < 1.29 is 17.2 Å². The Balaban J connectivity index is 2.09. The van der Waals surface area contributed by atoms with Gasteiger partial charge >= 0.3 is 0 Å². The van der Waals surface area contributed by atoms with E-state index in [0.29, 0.717) is 15.3 Å². The minimum atomic E-state index is -3.96. The quantitative estimate of drug-likeness (QED) is 0.745. The topological polar surface area (TPSA) is 52.2 Å². The lowest BCUT2D eigenvalue weighted by atomic mass is 10.2. The number of furan rings is 1. The molecule has 6 heteroatoms. The molecule has 0 atom stereocenters. The van der Waals surface area contributed by atoms with E-state index in [1.807, 2.05) is 6.92 Å². The molecule has 1 aromatic carbocycles. The Morgan fingerprint density at radius 3 is 2.48 bits per heavy atom. The number of benzene rings is 1. The molecule has 0 aliphatic rings. The van der Waals surface area contributed by atoms with Gasteiger partial charge in [-0.3, -0.25) is 0 Å². The van der Waals surface area contributed by atoms with Crippen LogP contribution < -0.4 is 0 Å². The van der Waals surface area contributed by atoms with Crippen LogP contribution in [0.5, 0.6) is 0 Å². The molecule has 0 spiro atoms. The minimum Gasteiger partial charge on any atom is -0.464 e. The van der Waals surface area contributed by atoms with Crippen LogP contribution in [0.3, 0.4) is 0 Å². The monoisotopic (exact) mass is 305 g/mol. The molecule has 21 heavy (non-hydrogen) atoms. The summed E-state index contributed by atoms with van der Waals surface area (Å²) in [7, 11) is -3.96. The highest BCUT2D eigenvalue weighted by atomic mass is 32.2. The Hall–Kier alpha value is -2.34. The van der Waals surface area contributed by atoms with Gasteiger partial charge in [0.2, 0.25) is 5.95 Å². The van der Waals surface area contributed by atoms with Gasteiger partial charge in [-0.25, -0.2) is 12.4 Å². The normalized spacial score (nSPS) is 11.7. The zero-order valence-electron chi connectivity index (χ0n) is 11.2. The molecule has 0 unspecified atom stereocenters. The highest BCUT2D eigenvalue weighted by Gasteiger charge is 2.22. The first-order valence-corrected chi connectivity index (χ1v) is 7.66. The van der Waals surface area contributed by atoms with Crippen LogP contribution in [-0.2, 0) is 10.0 Å². The van der Waals surface area contributed by atoms with Crippen molar-refractivity contribution in [3.05, 3.63) is 66.4 Å². The van der Waals surface area contributed by atoms with E-state index in [2.05, 4.69) is 0 Å². The molecule has 0 aliphatic carbocycles. The summed E-state index contributed by atoms with van der Waals surface area (Å²) in [5.74, 6) is -0.450. The van der Waals surface area contributed by atoms with Crippen LogP contribution in [0, 0.1) is 12.9 Å². The molecule has 0 fully saturated rings. The summed E-state index contributed by atoms with van der Waals surface area (Å²) in [6.45, 7) is 1.85. The minimum absolute atomic E-state index is 0.0357. The van der Waals surface area contributed by atoms with Gasteiger partial charge in [-0.05, 0) is 31.2 Å². The Labute approximate surface area is 121 Å². The second kappa shape index (κ2) is 4.89. The van der Waals surface area contributed by atoms with E-state index in [1.165, 1.54) is 24.6 Å². The van der Waals surface area contributed by atoms with Crippen molar-refractivity contribution in [2.24, 2.45) is 0 Å². The average molecular weight is 305 g/mol. The summed E-state index contributed by atoms with van der Waals surface area (Å²) in [5.41, 5.74) is 1.30. The lowest BCUT2D eigenvalue weighted by molar-refractivity contribution is 0.541. The highest BCUT2D eigenvalue weighted by Crippen LogP contribution is 2.25. The van der Waals surface area contributed by atoms with Crippen molar-refractivity contribution in [2.45, 2.75) is 11.8 Å². The smallest absolute Gasteiger partial charge is 0.269 e. The molecular formula is C15H12FNO3S. The summed E-state index contributed by atoms with van der Waals surface area (Å²) in [6, 6.07) is 10.7. The molecule has 3 aromatic rings. The summed E-state index contributed by atoms with van der Waals surface area (Å²) in [5, 5.41) is 0. The average Bonchev–Trinajstić information content (AvgIpc) is 3.08. The molecular weight excluding hydrogens is 293 g/mol. The second-order valence-corrected chi connectivity index (χ2v) is 6.46. The first-order chi connectivity index (χ1) is 9.98. The van der Waals surface area contributed by atoms with Crippen LogP contribution in [0.4, 0.5) is 4.39 Å². The van der Waals surface area contributed by atoms with Crippen molar-refractivity contribution in [3.8, 4) is 11.3 Å². The SMILES string of the molecule is Cc1ccc(S(=O)(=O)n2cc(-c3ccco3)cc2F)cc1. The molecule has 0 radical (unpaired) electrons. The fourth-order valence-corrected chi connectivity index (χ4v) is 3.24. The molecule has 0 saturated heterocycles. The number of rotatable bonds is 3. The van der Waals surface area contributed by atoms with Gasteiger partial charge in [-0.1, -0.05) is 17.7 Å². The van der Waals surface area contributed by atoms with Crippen molar-refractivity contribution in [3.63, 3.8) is 0 Å². The summed E-state index contributed by atoms with van der Waals surface area (Å²) < 4.78 is 44.7. The number of hydrogen-bond acceptors (Lipinski definition) is 3. The molecule has 108 valence electrons. The Bertz CT molecular complexity index is 862. The van der Waals surface area contributed by atoms with Crippen molar-refractivity contribution >= 4 is 10.0 Å². The largest absolute Gasteiger partial charge is 0.464 e. The van der Waals surface area contributed by atoms with Crippen LogP contribution in [0.2, 0.25) is 0 Å². The fraction of sp³-hybridized carbons (Fsp3) is 0.0667. The van der Waals surface area contributed by atoms with Crippen molar-refractivity contribution in [1.82, 2.24) is 3.97 Å². The third-order valence-electron chi connectivity index (χ3n) is 3.12. The van der Waals surface area contributed by atoms with E-state index >= 15 is 0 Å². The van der Waals surface area contributed by atoms with Gasteiger partial charge < -0.3 is 4.42 Å². The van der Waals surface area contributed by atoms with Gasteiger partial charge in [-0.2, -0.15) is 4.39 Å². The molecule has 0 aliphatic heterocycles. The van der Waals surface area contributed by atoms with Gasteiger partial charge in [-0.15, -0.1) is 0 Å². The predicted octanol–water partition coefficient (Wildman–Crippen LogP) is 3.43. The van der Waals surface area contributed by atoms with Crippen LogP contribution in [0.15, 0.2) is 64.2 Å². The zero-order valence-corrected chi connectivity index (χ0v) is 12.0. The maximum Gasteiger partial charge on any atom is 0.269 e. The summed E-state index contributed by atoms with van der Waals surface area (Å²) >= 11 is 0. The molecule has 3 rings (SSSR count). The molecule has 0 amide bonds. The van der Waals surface area contributed by atoms with E-state index < -0.39 is 16.0 Å². The molecule has 0 saturated carbocycles. The number of hydrogen-bond donors (Lipinski definition) is 0. The van der Waals surface area contributed by atoms with Gasteiger partial charge in [0.1, 0.15) is 5.76 Å². The Kier molecular flexibility index (Phi) is 3.17. The molecule has 0 N–H and O–H groups in total. The van der Waals surface area contributed by atoms with Crippen LogP contribution in [-0.4, -0.2) is 12.4 Å². The molecule has 2 heterocycles. The maximum atomic E-state index is 14.0. The van der Waals surface area contributed by atoms with E-state index in [9.17, 15) is 12.8 Å². The first kappa shape index (κ1) is 13.6. The van der Waals surface area contributed by atoms with Crippen LogP contribution in [0.1, 0.15) is 5.56 Å². The van der Waals surface area contributed by atoms with Gasteiger partial charge in [0.15, 0.2) is 0 Å². The van der Waals surface area contributed by atoms with Gasteiger partial charge in [0.25, 0.3) is 10.0 Å². The van der Waals surface area contributed by atoms with Crippen LogP contribution >= 0.6 is 0 Å². The van der Waals surface area contributed by atoms with E-state index in [1.54, 1.807) is 24.3 Å². The lowest BCUT2D eigenvalue weighted by Crippen LogP contribution is -2.13. The van der Waals surface area contributed by atoms with Gasteiger partial charge in [0, 0.05) is 17.8 Å². The third kappa shape index (κ3) is 2.38. The van der Waals surface area contributed by atoms with E-state index in [-0.39, 0.29) is 4.90 Å². The van der Waals surface area contributed by atoms with Crippen molar-refractivity contribution in [2.75, 3.05) is 0 Å². The van der Waals surface area contributed by atoms with Gasteiger partial charge in [0.05, 0.1) is 11.2 Å². The zero-order chi connectivity index (χ0) is 15.0. The summed E-state index contributed by atoms with van der Waals surface area (Å²) in [6.07, 6.45) is 2.66. The number of nitrogens with zero attached hydrogens (tertiary/aromatic N) is 1. The first-order valence-electron chi connectivity index (χ1n) is 6.22. The number of aryl methyl sites for hydroxylation is 1. The van der Waals surface area contributed by atoms with E-state index in [0.717, 1.165) is 11.6 Å². The van der Waals surface area contributed by atoms with E-state index in [4.69, 9.17) is 4.42 Å². The number of halogens is 1. The fourth-order valence-electron chi connectivity index (χ4n) is 2.00. The lowest BCUT2D eigenvalue weighted by Gasteiger charge is -2.06. The highest BCUT2D eigenvalue weighted by molar-refractivity contribution is 7.90. The van der Waals surface area contributed by atoms with Crippen molar-refractivity contribution in [1.29, 1.82) is 0 Å². The maximum absolute atomic E-state index is 14.0. The molecule has 2 aromatic heterocycles. The molecule has 4 nitrogen and oxygen atoms in total. The molecule has 0 bridgehead atoms. The Morgan fingerprint density at radius 1 is 1.14 bits per heavy atom. The predicted molar refractivity (Wildman–Crippen MR) is 75.9 cm³/mol. The summed E-state index contributed by atoms with van der Waals surface area (Å²) in [4.78, 5) is 0.0357. The number of aromatic nitrogens is 1. The third-order valence-corrected chi connectivity index (χ3v) is 4.79.